The Hall–Kier alpha value is -0.510. The van der Waals surface area contributed by atoms with Crippen molar-refractivity contribution in [3.63, 3.8) is 0 Å². The van der Waals surface area contributed by atoms with Gasteiger partial charge in [0.2, 0.25) is 0 Å². The minimum atomic E-state index is -0.0664. The van der Waals surface area contributed by atoms with Gasteiger partial charge in [-0.05, 0) is 12.8 Å². The third-order valence-corrected chi connectivity index (χ3v) is 1.01. The largest absolute Gasteiger partial charge is 0.272 e. The smallest absolute Gasteiger partial charge is 0.258 e. The molecule has 1 rings (SSSR count). The topological polar surface area (TPSA) is 32.7 Å². The highest BCUT2D eigenvalue weighted by atomic mass is 32.1. The van der Waals surface area contributed by atoms with E-state index in [0.29, 0.717) is 6.42 Å². The highest BCUT2D eigenvalue weighted by Crippen LogP contribution is 2.02. The fourth-order valence-corrected chi connectivity index (χ4v) is 0.497. The van der Waals surface area contributed by atoms with Crippen molar-refractivity contribution in [2.45, 2.75) is 20.3 Å². The van der Waals surface area contributed by atoms with Gasteiger partial charge in [-0.3, -0.25) is 4.79 Å². The predicted molar refractivity (Wildman–Crippen MR) is 40.3 cm³/mol. The summed E-state index contributed by atoms with van der Waals surface area (Å²) in [6.45, 7) is 4.00. The van der Waals surface area contributed by atoms with Crippen molar-refractivity contribution in [2.24, 2.45) is 5.10 Å². The molecule has 1 aliphatic heterocycles. The van der Waals surface area contributed by atoms with Gasteiger partial charge in [-0.15, -0.1) is 0 Å². The molecule has 4 heteroatoms. The second kappa shape index (κ2) is 4.38. The van der Waals surface area contributed by atoms with Crippen molar-refractivity contribution in [1.82, 2.24) is 4.41 Å². The summed E-state index contributed by atoms with van der Waals surface area (Å²) in [5.41, 5.74) is 0. The number of hydrogen-bond donors (Lipinski definition) is 1. The number of nitrogens with zero attached hydrogens (tertiary/aromatic N) is 2. The molecule has 1 amide bonds. The van der Waals surface area contributed by atoms with Crippen LogP contribution in [-0.4, -0.2) is 16.5 Å². The van der Waals surface area contributed by atoms with Gasteiger partial charge in [-0.1, -0.05) is 13.8 Å². The summed E-state index contributed by atoms with van der Waals surface area (Å²) in [5.74, 6) is -0.0664. The maximum Gasteiger partial charge on any atom is 0.258 e. The molecule has 0 saturated carbocycles. The zero-order chi connectivity index (χ0) is 7.28. The van der Waals surface area contributed by atoms with E-state index in [-0.39, 0.29) is 5.91 Å². The van der Waals surface area contributed by atoms with Crippen molar-refractivity contribution in [1.29, 1.82) is 0 Å². The van der Waals surface area contributed by atoms with Gasteiger partial charge in [0.15, 0.2) is 0 Å². The van der Waals surface area contributed by atoms with Crippen LogP contribution in [0.5, 0.6) is 0 Å². The molecule has 0 aromatic carbocycles. The predicted octanol–water partition coefficient (Wildman–Crippen LogP) is 1.08. The molecule has 0 radical (unpaired) electrons. The van der Waals surface area contributed by atoms with Gasteiger partial charge < -0.3 is 0 Å². The first kappa shape index (κ1) is 8.49. The third kappa shape index (κ3) is 2.51. The van der Waals surface area contributed by atoms with Crippen LogP contribution in [0.25, 0.3) is 0 Å². The molecule has 3 nitrogen and oxygen atoms in total. The highest BCUT2D eigenvalue weighted by molar-refractivity contribution is 7.78. The van der Waals surface area contributed by atoms with Gasteiger partial charge in [-0.2, -0.15) is 9.52 Å². The van der Waals surface area contributed by atoms with Crippen LogP contribution in [0.15, 0.2) is 5.10 Å². The average Bonchev–Trinajstić information content (AvgIpc) is 2.23. The van der Waals surface area contributed by atoms with E-state index in [9.17, 15) is 4.79 Å². The minimum absolute atomic E-state index is 0.0664. The second-order valence-corrected chi connectivity index (χ2v) is 1.56. The van der Waals surface area contributed by atoms with Crippen molar-refractivity contribution >= 4 is 24.9 Å². The van der Waals surface area contributed by atoms with Crippen LogP contribution in [0.2, 0.25) is 0 Å². The lowest BCUT2D eigenvalue weighted by Gasteiger charge is -1.96. The summed E-state index contributed by atoms with van der Waals surface area (Å²) in [7, 11) is 0. The molecule has 0 atom stereocenters. The number of carbonyl (C=O) groups is 1. The van der Waals surface area contributed by atoms with Crippen molar-refractivity contribution < 1.29 is 4.79 Å². The minimum Gasteiger partial charge on any atom is -0.272 e. The zero-order valence-electron chi connectivity index (χ0n) is 5.53. The van der Waals surface area contributed by atoms with Crippen LogP contribution in [0.3, 0.4) is 0 Å². The molecular weight excluding hydrogens is 136 g/mol. The van der Waals surface area contributed by atoms with Crippen LogP contribution in [0, 0.1) is 0 Å². The van der Waals surface area contributed by atoms with Gasteiger partial charge in [0.25, 0.3) is 5.91 Å². The van der Waals surface area contributed by atoms with E-state index >= 15 is 0 Å². The molecule has 52 valence electrons. The Morgan fingerprint density at radius 3 is 2.44 bits per heavy atom. The summed E-state index contributed by atoms with van der Waals surface area (Å²) in [5, 5.41) is 3.54. The fraction of sp³-hybridized carbons (Fsp3) is 0.600. The molecule has 0 aromatic rings. The maximum absolute atomic E-state index is 10.3. The maximum atomic E-state index is 10.3. The van der Waals surface area contributed by atoms with Crippen molar-refractivity contribution in [3.8, 4) is 0 Å². The van der Waals surface area contributed by atoms with E-state index in [0.717, 1.165) is 4.41 Å². The number of carbonyl (C=O) groups excluding carboxylic acids is 1. The van der Waals surface area contributed by atoms with Gasteiger partial charge in [0.1, 0.15) is 0 Å². The molecule has 0 spiro atoms. The zero-order valence-corrected chi connectivity index (χ0v) is 6.43. The van der Waals surface area contributed by atoms with Crippen LogP contribution in [-0.2, 0) is 4.79 Å². The lowest BCUT2D eigenvalue weighted by atomic mass is 10.5. The normalized spacial score (nSPS) is 15.4. The summed E-state index contributed by atoms with van der Waals surface area (Å²) in [6.07, 6.45) is 1.92. The summed E-state index contributed by atoms with van der Waals surface area (Å²) >= 11 is 3.67. The first-order chi connectivity index (χ1) is 4.30. The Morgan fingerprint density at radius 1 is 1.78 bits per heavy atom. The van der Waals surface area contributed by atoms with E-state index in [1.54, 1.807) is 0 Å². The molecule has 0 fully saturated rings. The first-order valence-electron chi connectivity index (χ1n) is 2.85. The van der Waals surface area contributed by atoms with E-state index < -0.39 is 0 Å². The monoisotopic (exact) mass is 146 g/mol. The molecular formula is C5H10N2OS. The fourth-order valence-electron chi connectivity index (χ4n) is 0.342. The third-order valence-electron chi connectivity index (χ3n) is 0.680. The van der Waals surface area contributed by atoms with E-state index in [2.05, 4.69) is 17.9 Å². The quantitative estimate of drug-likeness (QED) is 0.509. The van der Waals surface area contributed by atoms with E-state index in [4.69, 9.17) is 0 Å². The lowest BCUT2D eigenvalue weighted by molar-refractivity contribution is -0.123. The van der Waals surface area contributed by atoms with E-state index in [1.807, 2.05) is 13.8 Å². The average molecular weight is 146 g/mol. The Morgan fingerprint density at radius 2 is 2.33 bits per heavy atom. The number of rotatable bonds is 0. The SMILES string of the molecule is CC.O=C1CC=NN1S. The lowest BCUT2D eigenvalue weighted by Crippen LogP contribution is -2.07. The summed E-state index contributed by atoms with van der Waals surface area (Å²) in [4.78, 5) is 10.3. The molecule has 0 bridgehead atoms. The summed E-state index contributed by atoms with van der Waals surface area (Å²) in [6, 6.07) is 0. The van der Waals surface area contributed by atoms with Crippen LogP contribution in [0.1, 0.15) is 20.3 Å². The first-order valence-corrected chi connectivity index (χ1v) is 3.25. The van der Waals surface area contributed by atoms with E-state index in [1.165, 1.54) is 6.21 Å². The molecule has 0 aliphatic carbocycles. The number of thiol groups is 1. The Kier molecular flexibility index (Phi) is 4.13. The van der Waals surface area contributed by atoms with Gasteiger partial charge >= 0.3 is 0 Å². The van der Waals surface area contributed by atoms with Gasteiger partial charge in [0.05, 0.1) is 6.42 Å². The molecule has 1 heterocycles. The molecule has 0 saturated heterocycles. The van der Waals surface area contributed by atoms with Gasteiger partial charge in [0, 0.05) is 6.21 Å². The highest BCUT2D eigenvalue weighted by Gasteiger charge is 2.10. The summed E-state index contributed by atoms with van der Waals surface area (Å²) < 4.78 is 1.03. The standard InChI is InChI=1S/C3H4N2OS.C2H6/c6-3-1-2-4-5(3)7;1-2/h2,7H,1H2;1-2H3. The Labute approximate surface area is 60.3 Å². The molecule has 0 N–H and O–H groups in total. The van der Waals surface area contributed by atoms with Gasteiger partial charge in [-0.25, -0.2) is 0 Å². The second-order valence-electron chi connectivity index (χ2n) is 1.19. The number of hydrazone groups is 1. The van der Waals surface area contributed by atoms with Crippen LogP contribution in [0.4, 0.5) is 0 Å². The molecule has 1 aliphatic rings. The molecule has 0 aromatic heterocycles. The van der Waals surface area contributed by atoms with Crippen LogP contribution < -0.4 is 0 Å². The van der Waals surface area contributed by atoms with Crippen LogP contribution >= 0.6 is 12.8 Å². The number of hydrogen-bond acceptors (Lipinski definition) is 3. The Bertz CT molecular complexity index is 124. The van der Waals surface area contributed by atoms with Crippen molar-refractivity contribution in [3.05, 3.63) is 0 Å². The Balaban J connectivity index is 0.000000291. The van der Waals surface area contributed by atoms with Crippen molar-refractivity contribution in [2.75, 3.05) is 0 Å². The molecule has 0 unspecified atom stereocenters. The molecule has 9 heavy (non-hydrogen) atoms. The number of amides is 1.